The molecule has 81 heavy (non-hydrogen) atoms. The summed E-state index contributed by atoms with van der Waals surface area (Å²) in [7, 11) is 0. The second kappa shape index (κ2) is 27.6. The van der Waals surface area contributed by atoms with Crippen molar-refractivity contribution in [3.8, 4) is 11.8 Å². The van der Waals surface area contributed by atoms with Crippen molar-refractivity contribution in [2.75, 3.05) is 63.1 Å². The molecule has 21 heteroatoms. The molecule has 434 valence electrons. The molecule has 2 saturated carbocycles. The number of piperidine rings is 2. The zero-order valence-electron chi connectivity index (χ0n) is 47.0. The van der Waals surface area contributed by atoms with E-state index in [1.165, 1.54) is 62.8 Å². The van der Waals surface area contributed by atoms with E-state index in [9.17, 15) is 32.3 Å². The predicted molar refractivity (Wildman–Crippen MR) is 304 cm³/mol. The molecule has 4 N–H and O–H groups in total. The van der Waals surface area contributed by atoms with E-state index < -0.39 is 29.3 Å². The minimum absolute atomic E-state index is 0.0172. The number of hydrogen-bond donors (Lipinski definition) is 4. The molecule has 4 amide bonds. The number of ether oxygens (including phenoxy) is 2. The van der Waals surface area contributed by atoms with Gasteiger partial charge in [0.25, 0.3) is 11.8 Å². The SMILES string of the molecule is CC(C)NC(=O)C1CCC(n2c(NC(=O)c3ccc(F)c(F)c3)nc3cnc(OCCN4CCCCC4)cc32)CC1.CC(C)NC(=O)C1CCC(n2c(NC(=O)c3cccc(F)c3)nc3cnc(OCCN4CCCCC4)cc32)CC1. The van der Waals surface area contributed by atoms with Gasteiger partial charge in [-0.1, -0.05) is 18.9 Å². The van der Waals surface area contributed by atoms with Gasteiger partial charge in [-0.15, -0.1) is 0 Å². The van der Waals surface area contributed by atoms with Crippen LogP contribution in [-0.2, 0) is 9.59 Å². The van der Waals surface area contributed by atoms with E-state index in [0.717, 1.165) is 88.1 Å². The Labute approximate surface area is 471 Å². The van der Waals surface area contributed by atoms with E-state index in [1.54, 1.807) is 18.5 Å². The Hall–Kier alpha value is -7.13. The second-order valence-corrected chi connectivity index (χ2v) is 22.5. The van der Waals surface area contributed by atoms with Crippen molar-refractivity contribution in [2.24, 2.45) is 11.8 Å². The third kappa shape index (κ3) is 15.5. The van der Waals surface area contributed by atoms with Crippen LogP contribution >= 0.6 is 0 Å². The molecule has 4 aliphatic rings. The number of pyridine rings is 2. The molecule has 0 spiro atoms. The summed E-state index contributed by atoms with van der Waals surface area (Å²) in [6.45, 7) is 15.0. The lowest BCUT2D eigenvalue weighted by Gasteiger charge is -2.30. The van der Waals surface area contributed by atoms with E-state index in [4.69, 9.17) is 14.5 Å². The Morgan fingerprint density at radius 1 is 0.556 bits per heavy atom. The van der Waals surface area contributed by atoms with Crippen molar-refractivity contribution in [1.82, 2.24) is 49.5 Å². The Morgan fingerprint density at radius 3 is 1.42 bits per heavy atom. The van der Waals surface area contributed by atoms with Gasteiger partial charge in [0, 0.05) is 72.4 Å². The molecule has 18 nitrogen and oxygen atoms in total. The van der Waals surface area contributed by atoms with Gasteiger partial charge < -0.3 is 29.2 Å². The molecule has 4 aromatic heterocycles. The normalized spacial score (nSPS) is 19.9. The summed E-state index contributed by atoms with van der Waals surface area (Å²) in [6.07, 6.45) is 16.6. The maximum Gasteiger partial charge on any atom is 0.258 e. The van der Waals surface area contributed by atoms with Crippen molar-refractivity contribution in [1.29, 1.82) is 0 Å². The number of nitrogens with zero attached hydrogens (tertiary/aromatic N) is 8. The molecule has 0 bridgehead atoms. The van der Waals surface area contributed by atoms with Gasteiger partial charge in [-0.3, -0.25) is 39.6 Å². The number of rotatable bonds is 18. The van der Waals surface area contributed by atoms with Crippen LogP contribution < -0.4 is 30.7 Å². The molecule has 0 radical (unpaired) electrons. The first kappa shape index (κ1) is 58.5. The molecule has 2 aromatic carbocycles. The predicted octanol–water partition coefficient (Wildman–Crippen LogP) is 10.0. The van der Waals surface area contributed by atoms with Gasteiger partial charge >= 0.3 is 0 Å². The molecule has 6 heterocycles. The van der Waals surface area contributed by atoms with Crippen LogP contribution in [0.25, 0.3) is 22.1 Å². The Morgan fingerprint density at radius 2 is 1.00 bits per heavy atom. The Bertz CT molecular complexity index is 3120. The maximum atomic E-state index is 13.8. The minimum atomic E-state index is -1.10. The van der Waals surface area contributed by atoms with Crippen LogP contribution in [0.3, 0.4) is 0 Å². The van der Waals surface area contributed by atoms with Crippen molar-refractivity contribution in [3.05, 3.63) is 95.6 Å². The van der Waals surface area contributed by atoms with E-state index in [2.05, 4.69) is 46.0 Å². The van der Waals surface area contributed by atoms with Gasteiger partial charge in [0.05, 0.1) is 23.4 Å². The summed E-state index contributed by atoms with van der Waals surface area (Å²) >= 11 is 0. The maximum absolute atomic E-state index is 13.8. The first-order chi connectivity index (χ1) is 39.1. The molecule has 4 fully saturated rings. The number of anilines is 2. The topological polar surface area (TPSA) is 203 Å². The lowest BCUT2D eigenvalue weighted by molar-refractivity contribution is -0.127. The van der Waals surface area contributed by atoms with Gasteiger partial charge in [-0.2, -0.15) is 0 Å². The van der Waals surface area contributed by atoms with Gasteiger partial charge in [0.2, 0.25) is 35.5 Å². The highest BCUT2D eigenvalue weighted by molar-refractivity contribution is 6.05. The van der Waals surface area contributed by atoms with Crippen LogP contribution in [0.5, 0.6) is 11.8 Å². The average Bonchev–Trinajstić information content (AvgIpc) is 4.04. The Balaban J connectivity index is 0.000000196. The number of hydrogen-bond acceptors (Lipinski definition) is 12. The summed E-state index contributed by atoms with van der Waals surface area (Å²) in [6, 6.07) is 12.5. The van der Waals surface area contributed by atoms with E-state index in [1.807, 2.05) is 49.0 Å². The van der Waals surface area contributed by atoms with Crippen LogP contribution in [0, 0.1) is 29.3 Å². The number of carbonyl (C=O) groups excluding carboxylic acids is 4. The summed E-state index contributed by atoms with van der Waals surface area (Å²) in [5, 5.41) is 11.7. The largest absolute Gasteiger partial charge is 0.476 e. The first-order valence-corrected chi connectivity index (χ1v) is 29.1. The first-order valence-electron chi connectivity index (χ1n) is 29.1. The number of fused-ring (bicyclic) bond motifs is 2. The number of amides is 4. The zero-order chi connectivity index (χ0) is 57.0. The summed E-state index contributed by atoms with van der Waals surface area (Å²) in [5.74, 6) is -1.93. The molecule has 2 saturated heterocycles. The molecule has 0 unspecified atom stereocenters. The number of likely N-dealkylation sites (tertiary alicyclic amines) is 2. The number of nitrogens with one attached hydrogen (secondary N) is 4. The molecule has 2 aliphatic heterocycles. The number of aromatic nitrogens is 6. The smallest absolute Gasteiger partial charge is 0.258 e. The molecular formula is C60H77F3N12O6. The monoisotopic (exact) mass is 1120 g/mol. The van der Waals surface area contributed by atoms with E-state index >= 15 is 0 Å². The molecule has 10 rings (SSSR count). The van der Waals surface area contributed by atoms with Crippen LogP contribution in [0.4, 0.5) is 25.1 Å². The lowest BCUT2D eigenvalue weighted by atomic mass is 9.85. The van der Waals surface area contributed by atoms with Crippen LogP contribution in [0.15, 0.2) is 67.0 Å². The average molecular weight is 1120 g/mol. The highest BCUT2D eigenvalue weighted by Crippen LogP contribution is 2.39. The number of imidazole rings is 2. The van der Waals surface area contributed by atoms with Crippen LogP contribution in [-0.4, -0.2) is 127 Å². The van der Waals surface area contributed by atoms with Crippen LogP contribution in [0.2, 0.25) is 0 Å². The van der Waals surface area contributed by atoms with Gasteiger partial charge in [-0.25, -0.2) is 33.1 Å². The molecule has 6 aromatic rings. The summed E-state index contributed by atoms with van der Waals surface area (Å²) < 4.78 is 57.1. The third-order valence-electron chi connectivity index (χ3n) is 15.8. The fourth-order valence-corrected chi connectivity index (χ4v) is 11.6. The second-order valence-electron chi connectivity index (χ2n) is 22.5. The molecule has 2 aliphatic carbocycles. The quantitative estimate of drug-likeness (QED) is 0.0635. The van der Waals surface area contributed by atoms with Crippen LogP contribution in [0.1, 0.15) is 150 Å². The van der Waals surface area contributed by atoms with E-state index in [-0.39, 0.29) is 64.9 Å². The van der Waals surface area contributed by atoms with E-state index in [0.29, 0.717) is 67.6 Å². The zero-order valence-corrected chi connectivity index (χ0v) is 47.0. The van der Waals surface area contributed by atoms with Crippen molar-refractivity contribution < 1.29 is 41.8 Å². The van der Waals surface area contributed by atoms with Crippen molar-refractivity contribution in [3.63, 3.8) is 0 Å². The standard InChI is InChI=1S/C30H38F2N6O3.C30H39FN6O3/c1-19(2)34-28(39)20-6-9-22(10-7-20)38-26-17-27(41-15-14-37-12-4-3-5-13-37)33-18-25(26)35-30(38)36-29(40)21-8-11-23(31)24(32)16-21;1-20(2)33-28(38)21-9-11-24(12-10-21)37-26-18-27(40-16-15-36-13-4-3-5-14-36)32-19-25(26)34-30(37)35-29(39)22-7-6-8-23(31)17-22/h8,11,16-20,22H,3-7,9-10,12-15H2,1-2H3,(H,34,39)(H,35,36,40);6-8,17-21,24H,3-5,9-16H2,1-2H3,(H,33,38)(H,34,35,39). The number of carbonyl (C=O) groups is 4. The van der Waals surface area contributed by atoms with Crippen molar-refractivity contribution >= 4 is 57.6 Å². The number of halogens is 3. The summed E-state index contributed by atoms with van der Waals surface area (Å²) in [5.41, 5.74) is 2.98. The highest BCUT2D eigenvalue weighted by Gasteiger charge is 2.33. The van der Waals surface area contributed by atoms with Crippen molar-refractivity contribution in [2.45, 2.75) is 142 Å². The fraction of sp³-hybridized carbons (Fsp3) is 0.533. The number of benzene rings is 2. The van der Waals surface area contributed by atoms with Gasteiger partial charge in [0.1, 0.15) is 30.1 Å². The highest BCUT2D eigenvalue weighted by atomic mass is 19.2. The lowest BCUT2D eigenvalue weighted by Crippen LogP contribution is -2.37. The third-order valence-corrected chi connectivity index (χ3v) is 15.8. The summed E-state index contributed by atoms with van der Waals surface area (Å²) in [4.78, 5) is 74.4. The Kier molecular flexibility index (Phi) is 19.9. The fourth-order valence-electron chi connectivity index (χ4n) is 11.6. The molecule has 0 atom stereocenters. The van der Waals surface area contributed by atoms with Gasteiger partial charge in [-0.05, 0) is 167 Å². The van der Waals surface area contributed by atoms with Gasteiger partial charge in [0.15, 0.2) is 11.6 Å². The molecular weight excluding hydrogens is 1040 g/mol. The minimum Gasteiger partial charge on any atom is -0.476 e.